The quantitative estimate of drug-likeness (QED) is 0.614. The number of fused-ring (bicyclic) bond motifs is 1. The smallest absolute Gasteiger partial charge is 0.310 e. The van der Waals surface area contributed by atoms with Gasteiger partial charge in [0.15, 0.2) is 0 Å². The Morgan fingerprint density at radius 2 is 1.86 bits per heavy atom. The van der Waals surface area contributed by atoms with E-state index in [9.17, 15) is 9.90 Å². The van der Waals surface area contributed by atoms with Crippen LogP contribution in [0.1, 0.15) is 43.6 Å². The van der Waals surface area contributed by atoms with Crippen LogP contribution in [-0.2, 0) is 4.79 Å². The van der Waals surface area contributed by atoms with Crippen LogP contribution < -0.4 is 4.74 Å². The highest BCUT2D eigenvalue weighted by Crippen LogP contribution is 2.41. The van der Waals surface area contributed by atoms with Crippen molar-refractivity contribution in [1.29, 1.82) is 0 Å². The summed E-state index contributed by atoms with van der Waals surface area (Å²) in [4.78, 5) is 11.9. The predicted molar refractivity (Wildman–Crippen MR) is 103 cm³/mol. The zero-order valence-corrected chi connectivity index (χ0v) is 15.5. The zero-order valence-electron chi connectivity index (χ0n) is 15.5. The van der Waals surface area contributed by atoms with Crippen LogP contribution in [0.25, 0.3) is 22.2 Å². The summed E-state index contributed by atoms with van der Waals surface area (Å²) in [5.74, 6) is 0.649. The molecule has 6 heteroatoms. The van der Waals surface area contributed by atoms with Gasteiger partial charge in [-0.1, -0.05) is 31.0 Å². The maximum absolute atomic E-state index is 11.9. The zero-order chi connectivity index (χ0) is 19.1. The molecule has 1 atom stereocenters. The highest BCUT2D eigenvalue weighted by Gasteiger charge is 2.31. The number of carboxylic acid groups (broad SMARTS) is 1. The third-order valence-electron chi connectivity index (χ3n) is 5.71. The molecule has 0 saturated heterocycles. The number of benzene rings is 2. The molecule has 1 heterocycles. The summed E-state index contributed by atoms with van der Waals surface area (Å²) in [5, 5.41) is 17.5. The average Bonchev–Trinajstić information content (AvgIpc) is 3.62. The highest BCUT2D eigenvalue weighted by atomic mass is 16.6. The lowest BCUT2D eigenvalue weighted by Gasteiger charge is -2.17. The van der Waals surface area contributed by atoms with Gasteiger partial charge in [0.25, 0.3) is 0 Å². The first-order valence-electron chi connectivity index (χ1n) is 9.89. The molecule has 1 aromatic heterocycles. The molecule has 0 aliphatic heterocycles. The number of rotatable bonds is 8. The minimum absolute atomic E-state index is 0.480. The molecule has 6 nitrogen and oxygen atoms in total. The van der Waals surface area contributed by atoms with Crippen LogP contribution in [0.15, 0.2) is 41.0 Å². The third-order valence-corrected chi connectivity index (χ3v) is 5.71. The molecule has 0 amide bonds. The molecule has 2 aliphatic carbocycles. The summed E-state index contributed by atoms with van der Waals surface area (Å²) >= 11 is 0. The van der Waals surface area contributed by atoms with Crippen molar-refractivity contribution < 1.29 is 19.3 Å². The Morgan fingerprint density at radius 1 is 1.07 bits per heavy atom. The molecule has 2 fully saturated rings. The second kappa shape index (κ2) is 6.93. The fourth-order valence-electron chi connectivity index (χ4n) is 3.62. The summed E-state index contributed by atoms with van der Waals surface area (Å²) in [6.07, 6.45) is 5.38. The van der Waals surface area contributed by atoms with E-state index >= 15 is 0 Å². The minimum atomic E-state index is -0.761. The van der Waals surface area contributed by atoms with Crippen molar-refractivity contribution in [3.05, 3.63) is 42.0 Å². The Labute approximate surface area is 162 Å². The van der Waals surface area contributed by atoms with Crippen LogP contribution in [0.4, 0.5) is 0 Å². The van der Waals surface area contributed by atoms with E-state index in [1.165, 1.54) is 12.8 Å². The van der Waals surface area contributed by atoms with Gasteiger partial charge in [-0.25, -0.2) is 4.63 Å². The van der Waals surface area contributed by atoms with Crippen molar-refractivity contribution in [3.63, 3.8) is 0 Å². The summed E-state index contributed by atoms with van der Waals surface area (Å²) in [5.41, 5.74) is 4.10. The average molecular weight is 378 g/mol. The Bertz CT molecular complexity index is 1020. The van der Waals surface area contributed by atoms with Crippen LogP contribution in [0, 0.1) is 11.8 Å². The van der Waals surface area contributed by atoms with E-state index < -0.39 is 11.9 Å². The van der Waals surface area contributed by atoms with Crippen LogP contribution in [0.5, 0.6) is 5.75 Å². The number of nitrogens with zero attached hydrogens (tertiary/aromatic N) is 2. The lowest BCUT2D eigenvalue weighted by molar-refractivity contribution is -0.139. The van der Waals surface area contributed by atoms with E-state index in [1.54, 1.807) is 0 Å². The first-order valence-corrected chi connectivity index (χ1v) is 9.89. The highest BCUT2D eigenvalue weighted by molar-refractivity contribution is 5.83. The van der Waals surface area contributed by atoms with Gasteiger partial charge in [0.05, 0.1) is 12.5 Å². The molecule has 0 bridgehead atoms. The van der Waals surface area contributed by atoms with Gasteiger partial charge in [-0.05, 0) is 70.7 Å². The third kappa shape index (κ3) is 3.59. The maximum atomic E-state index is 11.9. The molecule has 2 saturated carbocycles. The van der Waals surface area contributed by atoms with Crippen molar-refractivity contribution in [2.45, 2.75) is 38.0 Å². The predicted octanol–water partition coefficient (Wildman–Crippen LogP) is 4.65. The van der Waals surface area contributed by atoms with Gasteiger partial charge in [-0.2, -0.15) is 0 Å². The number of aromatic nitrogens is 2. The first-order chi connectivity index (χ1) is 13.7. The van der Waals surface area contributed by atoms with E-state index in [4.69, 9.17) is 9.37 Å². The van der Waals surface area contributed by atoms with Gasteiger partial charge >= 0.3 is 5.97 Å². The summed E-state index contributed by atoms with van der Waals surface area (Å²) in [6, 6.07) is 11.6. The Balaban J connectivity index is 1.51. The van der Waals surface area contributed by atoms with E-state index in [2.05, 4.69) is 10.3 Å². The van der Waals surface area contributed by atoms with E-state index in [-0.39, 0.29) is 0 Å². The number of hydrogen-bond donors (Lipinski definition) is 1. The molecule has 1 unspecified atom stereocenters. The first kappa shape index (κ1) is 17.2. The van der Waals surface area contributed by atoms with Gasteiger partial charge in [-0.3, -0.25) is 4.79 Å². The molecule has 5 rings (SSSR count). The number of aliphatic carboxylic acids is 1. The normalized spacial score (nSPS) is 17.6. The van der Waals surface area contributed by atoms with Crippen LogP contribution in [0.2, 0.25) is 0 Å². The van der Waals surface area contributed by atoms with Gasteiger partial charge in [-0.15, -0.1) is 0 Å². The Hall–Kier alpha value is -2.89. The molecule has 2 aliphatic rings. The number of carboxylic acids is 1. The summed E-state index contributed by atoms with van der Waals surface area (Å²) < 4.78 is 10.9. The second-order valence-electron chi connectivity index (χ2n) is 8.05. The largest absolute Gasteiger partial charge is 0.493 e. The van der Waals surface area contributed by atoms with Crippen molar-refractivity contribution in [2.75, 3.05) is 6.61 Å². The standard InChI is InChI=1S/C22H22N2O4/c25-22(26)18(9-13-1-2-13)16-5-7-17(21(11-16)27-12-14-3-4-14)15-6-8-19-20(10-15)24-28-23-19/h5-8,10-11,13-14,18H,1-4,9,12H2,(H,25,26). The lowest BCUT2D eigenvalue weighted by Crippen LogP contribution is -2.13. The molecular weight excluding hydrogens is 356 g/mol. The fraction of sp³-hybridized carbons (Fsp3) is 0.409. The van der Waals surface area contributed by atoms with Crippen molar-refractivity contribution >= 4 is 17.0 Å². The summed E-state index contributed by atoms with van der Waals surface area (Å²) in [6.45, 7) is 0.671. The Morgan fingerprint density at radius 3 is 2.61 bits per heavy atom. The molecule has 2 aromatic carbocycles. The second-order valence-corrected chi connectivity index (χ2v) is 8.05. The number of hydrogen-bond acceptors (Lipinski definition) is 5. The number of ether oxygens (including phenoxy) is 1. The van der Waals surface area contributed by atoms with Gasteiger partial charge in [0, 0.05) is 5.56 Å². The van der Waals surface area contributed by atoms with E-state index in [1.807, 2.05) is 36.4 Å². The molecule has 1 N–H and O–H groups in total. The van der Waals surface area contributed by atoms with Crippen molar-refractivity contribution in [3.8, 4) is 16.9 Å². The molecule has 0 spiro atoms. The van der Waals surface area contributed by atoms with Crippen LogP contribution in [-0.4, -0.2) is 28.0 Å². The van der Waals surface area contributed by atoms with Crippen molar-refractivity contribution in [2.24, 2.45) is 11.8 Å². The van der Waals surface area contributed by atoms with Crippen molar-refractivity contribution in [1.82, 2.24) is 10.3 Å². The summed E-state index contributed by atoms with van der Waals surface area (Å²) in [7, 11) is 0. The van der Waals surface area contributed by atoms with Gasteiger partial charge < -0.3 is 9.84 Å². The van der Waals surface area contributed by atoms with Crippen LogP contribution in [0.3, 0.4) is 0 Å². The van der Waals surface area contributed by atoms with E-state index in [0.29, 0.717) is 35.9 Å². The Kier molecular flexibility index (Phi) is 4.26. The number of carbonyl (C=O) groups is 1. The molecule has 3 aromatic rings. The van der Waals surface area contributed by atoms with Crippen LogP contribution >= 0.6 is 0 Å². The topological polar surface area (TPSA) is 85.5 Å². The lowest BCUT2D eigenvalue weighted by atomic mass is 9.91. The minimum Gasteiger partial charge on any atom is -0.493 e. The van der Waals surface area contributed by atoms with E-state index in [0.717, 1.165) is 35.3 Å². The monoisotopic (exact) mass is 378 g/mol. The molecule has 144 valence electrons. The fourth-order valence-corrected chi connectivity index (χ4v) is 3.62. The maximum Gasteiger partial charge on any atom is 0.310 e. The molecular formula is C22H22N2O4. The van der Waals surface area contributed by atoms with Gasteiger partial charge in [0.2, 0.25) is 0 Å². The molecule has 0 radical (unpaired) electrons. The van der Waals surface area contributed by atoms with Gasteiger partial charge in [0.1, 0.15) is 16.8 Å². The SMILES string of the molecule is O=C(O)C(CC1CC1)c1ccc(-c2ccc3nonc3c2)c(OCC2CC2)c1. The molecule has 28 heavy (non-hydrogen) atoms.